The van der Waals surface area contributed by atoms with Crippen LogP contribution in [0.25, 0.3) is 0 Å². The number of likely N-dealkylation sites (N-methyl/N-ethyl adjacent to an activating group) is 1. The third kappa shape index (κ3) is 3.70. The van der Waals surface area contributed by atoms with E-state index in [1.807, 2.05) is 6.20 Å². The van der Waals surface area contributed by atoms with Gasteiger partial charge in [-0.2, -0.15) is 0 Å². The smallest absolute Gasteiger partial charge is 0.128 e. The average molecular weight is 276 g/mol. The summed E-state index contributed by atoms with van der Waals surface area (Å²) in [5.74, 6) is 1.11. The van der Waals surface area contributed by atoms with Crippen molar-refractivity contribution in [2.45, 2.75) is 39.3 Å². The summed E-state index contributed by atoms with van der Waals surface area (Å²) in [6, 6.07) is 5.28. The zero-order valence-corrected chi connectivity index (χ0v) is 13.3. The summed E-state index contributed by atoms with van der Waals surface area (Å²) in [5, 5.41) is 3.50. The molecule has 2 rings (SSSR count). The van der Waals surface area contributed by atoms with Crippen LogP contribution in [0, 0.1) is 0 Å². The topological polar surface area (TPSA) is 31.4 Å². The van der Waals surface area contributed by atoms with Crippen molar-refractivity contribution in [3.63, 3.8) is 0 Å². The van der Waals surface area contributed by atoms with Crippen molar-refractivity contribution in [1.29, 1.82) is 0 Å². The van der Waals surface area contributed by atoms with Crippen molar-refractivity contribution >= 4 is 5.82 Å². The molecule has 2 atom stereocenters. The van der Waals surface area contributed by atoms with Crippen LogP contribution in [-0.4, -0.2) is 49.2 Å². The molecule has 1 aliphatic rings. The third-order valence-electron chi connectivity index (χ3n) is 4.10. The lowest BCUT2D eigenvalue weighted by Crippen LogP contribution is -2.50. The van der Waals surface area contributed by atoms with Gasteiger partial charge in [0.15, 0.2) is 0 Å². The molecule has 0 radical (unpaired) electrons. The summed E-state index contributed by atoms with van der Waals surface area (Å²) >= 11 is 0. The highest BCUT2D eigenvalue weighted by Gasteiger charge is 2.22. The van der Waals surface area contributed by atoms with Gasteiger partial charge in [-0.15, -0.1) is 0 Å². The van der Waals surface area contributed by atoms with Gasteiger partial charge in [-0.1, -0.05) is 13.0 Å². The van der Waals surface area contributed by atoms with E-state index in [1.165, 1.54) is 5.56 Å². The molecule has 2 unspecified atom stereocenters. The fourth-order valence-electron chi connectivity index (χ4n) is 2.78. The van der Waals surface area contributed by atoms with E-state index in [9.17, 15) is 0 Å². The first kappa shape index (κ1) is 15.3. The molecular formula is C16H28N4. The highest BCUT2D eigenvalue weighted by Crippen LogP contribution is 2.20. The number of nitrogens with zero attached hydrogens (tertiary/aromatic N) is 3. The lowest BCUT2D eigenvalue weighted by molar-refractivity contribution is 0.274. The van der Waals surface area contributed by atoms with E-state index in [0.29, 0.717) is 12.1 Å². The Balaban J connectivity index is 2.00. The Hall–Kier alpha value is -1.13. The number of nitrogens with one attached hydrogen (secondary N) is 1. The molecule has 0 aliphatic carbocycles. The summed E-state index contributed by atoms with van der Waals surface area (Å²) < 4.78 is 0. The number of piperazine rings is 1. The Morgan fingerprint density at radius 3 is 2.80 bits per heavy atom. The van der Waals surface area contributed by atoms with Crippen LogP contribution in [0.3, 0.4) is 0 Å². The van der Waals surface area contributed by atoms with E-state index >= 15 is 0 Å². The zero-order valence-electron chi connectivity index (χ0n) is 13.3. The first-order valence-electron chi connectivity index (χ1n) is 7.76. The molecule has 0 saturated carbocycles. The maximum absolute atomic E-state index is 4.67. The van der Waals surface area contributed by atoms with Gasteiger partial charge in [0.05, 0.1) is 0 Å². The van der Waals surface area contributed by atoms with Gasteiger partial charge >= 0.3 is 0 Å². The normalized spacial score (nSPS) is 22.0. The Labute approximate surface area is 123 Å². The molecule has 4 nitrogen and oxygen atoms in total. The molecule has 0 aromatic carbocycles. The van der Waals surface area contributed by atoms with Gasteiger partial charge in [0.2, 0.25) is 0 Å². The van der Waals surface area contributed by atoms with Gasteiger partial charge < -0.3 is 15.1 Å². The summed E-state index contributed by atoms with van der Waals surface area (Å²) in [5.41, 5.74) is 1.27. The van der Waals surface area contributed by atoms with E-state index in [2.05, 4.69) is 60.1 Å². The van der Waals surface area contributed by atoms with Crippen molar-refractivity contribution in [1.82, 2.24) is 15.2 Å². The molecule has 20 heavy (non-hydrogen) atoms. The van der Waals surface area contributed by atoms with Crippen LogP contribution in [-0.2, 0) is 0 Å². The molecular weight excluding hydrogens is 248 g/mol. The molecule has 112 valence electrons. The van der Waals surface area contributed by atoms with Gasteiger partial charge in [0.1, 0.15) is 5.82 Å². The van der Waals surface area contributed by atoms with Gasteiger partial charge in [-0.25, -0.2) is 4.98 Å². The van der Waals surface area contributed by atoms with Crippen LogP contribution in [0.15, 0.2) is 18.3 Å². The predicted molar refractivity (Wildman–Crippen MR) is 85.3 cm³/mol. The maximum Gasteiger partial charge on any atom is 0.128 e. The standard InChI is InChI=1S/C16H28N4/c1-5-8-17-14(3)15-6-7-16(18-11-15)20-10-9-19(4)12-13(20)2/h6-7,11,13-14,17H,5,8-10,12H2,1-4H3. The predicted octanol–water partition coefficient (Wildman–Crippen LogP) is 2.28. The molecule has 1 aliphatic heterocycles. The molecule has 0 bridgehead atoms. The van der Waals surface area contributed by atoms with E-state index < -0.39 is 0 Å². The quantitative estimate of drug-likeness (QED) is 0.894. The number of rotatable bonds is 5. The number of hydrogen-bond acceptors (Lipinski definition) is 4. The van der Waals surface area contributed by atoms with Crippen molar-refractivity contribution < 1.29 is 0 Å². The molecule has 1 aromatic rings. The Kier molecular flexibility index (Phi) is 5.38. The van der Waals surface area contributed by atoms with Gasteiger partial charge in [0.25, 0.3) is 0 Å². The van der Waals surface area contributed by atoms with Crippen LogP contribution in [0.4, 0.5) is 5.82 Å². The van der Waals surface area contributed by atoms with Crippen molar-refractivity contribution in [2.75, 3.05) is 38.1 Å². The molecule has 1 aromatic heterocycles. The van der Waals surface area contributed by atoms with E-state index in [0.717, 1.165) is 38.4 Å². The van der Waals surface area contributed by atoms with Crippen LogP contribution in [0.1, 0.15) is 38.8 Å². The second-order valence-electron chi connectivity index (χ2n) is 5.93. The summed E-state index contributed by atoms with van der Waals surface area (Å²) in [6.07, 6.45) is 3.18. The fraction of sp³-hybridized carbons (Fsp3) is 0.688. The van der Waals surface area contributed by atoms with Crippen LogP contribution < -0.4 is 10.2 Å². The minimum absolute atomic E-state index is 0.376. The summed E-state index contributed by atoms with van der Waals surface area (Å²) in [4.78, 5) is 9.47. The second-order valence-corrected chi connectivity index (χ2v) is 5.93. The number of aromatic nitrogens is 1. The second kappa shape index (κ2) is 7.04. The summed E-state index contributed by atoms with van der Waals surface area (Å²) in [6.45, 7) is 11.0. The number of hydrogen-bond donors (Lipinski definition) is 1. The van der Waals surface area contributed by atoms with Crippen LogP contribution in [0.5, 0.6) is 0 Å². The monoisotopic (exact) mass is 276 g/mol. The first-order valence-corrected chi connectivity index (χ1v) is 7.76. The highest BCUT2D eigenvalue weighted by atomic mass is 15.3. The lowest BCUT2D eigenvalue weighted by Gasteiger charge is -2.39. The van der Waals surface area contributed by atoms with Crippen LogP contribution in [0.2, 0.25) is 0 Å². The largest absolute Gasteiger partial charge is 0.351 e. The fourth-order valence-corrected chi connectivity index (χ4v) is 2.78. The maximum atomic E-state index is 4.67. The first-order chi connectivity index (χ1) is 9.61. The Morgan fingerprint density at radius 2 is 2.20 bits per heavy atom. The molecule has 0 spiro atoms. The van der Waals surface area contributed by atoms with Crippen LogP contribution >= 0.6 is 0 Å². The van der Waals surface area contributed by atoms with Crippen molar-refractivity contribution in [3.05, 3.63) is 23.9 Å². The Bertz CT molecular complexity index is 403. The molecule has 4 heteroatoms. The highest BCUT2D eigenvalue weighted by molar-refractivity contribution is 5.41. The number of pyridine rings is 1. The number of anilines is 1. The average Bonchev–Trinajstić information content (AvgIpc) is 2.45. The molecule has 1 N–H and O–H groups in total. The minimum Gasteiger partial charge on any atom is -0.351 e. The van der Waals surface area contributed by atoms with Crippen molar-refractivity contribution in [2.24, 2.45) is 0 Å². The zero-order chi connectivity index (χ0) is 14.5. The lowest BCUT2D eigenvalue weighted by atomic mass is 10.1. The van der Waals surface area contributed by atoms with E-state index in [4.69, 9.17) is 0 Å². The molecule has 1 fully saturated rings. The Morgan fingerprint density at radius 1 is 1.40 bits per heavy atom. The molecule has 2 heterocycles. The van der Waals surface area contributed by atoms with Crippen molar-refractivity contribution in [3.8, 4) is 0 Å². The molecule has 0 amide bonds. The molecule has 1 saturated heterocycles. The van der Waals surface area contributed by atoms with Gasteiger partial charge in [-0.05, 0) is 45.5 Å². The minimum atomic E-state index is 0.376. The summed E-state index contributed by atoms with van der Waals surface area (Å²) in [7, 11) is 2.19. The van der Waals surface area contributed by atoms with Gasteiger partial charge in [0, 0.05) is 37.9 Å². The van der Waals surface area contributed by atoms with E-state index in [-0.39, 0.29) is 0 Å². The van der Waals surface area contributed by atoms with Gasteiger partial charge in [-0.3, -0.25) is 0 Å². The SMILES string of the molecule is CCCNC(C)c1ccc(N2CCN(C)CC2C)nc1. The van der Waals surface area contributed by atoms with E-state index in [1.54, 1.807) is 0 Å². The third-order valence-corrected chi connectivity index (χ3v) is 4.10.